The molecule has 4 nitrogen and oxygen atoms in total. The molecule has 0 spiro atoms. The van der Waals surface area contributed by atoms with Crippen LogP contribution in [-0.4, -0.2) is 35.3 Å². The van der Waals surface area contributed by atoms with Crippen LogP contribution < -0.4 is 10.6 Å². The van der Waals surface area contributed by atoms with Crippen molar-refractivity contribution in [3.8, 4) is 0 Å². The third-order valence-corrected chi connectivity index (χ3v) is 4.86. The van der Waals surface area contributed by atoms with Crippen LogP contribution in [0.3, 0.4) is 0 Å². The summed E-state index contributed by atoms with van der Waals surface area (Å²) in [6.45, 7) is 1.96. The van der Waals surface area contributed by atoms with Gasteiger partial charge in [0.15, 0.2) is 0 Å². The van der Waals surface area contributed by atoms with Gasteiger partial charge in [-0.05, 0) is 49.6 Å². The van der Waals surface area contributed by atoms with Crippen LogP contribution in [0, 0.1) is 5.92 Å². The first-order chi connectivity index (χ1) is 10.4. The van der Waals surface area contributed by atoms with E-state index in [1.807, 2.05) is 30.5 Å². The average Bonchev–Trinajstić information content (AvgIpc) is 3.28. The third kappa shape index (κ3) is 5.38. The van der Waals surface area contributed by atoms with Gasteiger partial charge in [0.25, 0.3) is 0 Å². The zero-order valence-electron chi connectivity index (χ0n) is 12.9. The molecule has 0 bridgehead atoms. The number of nitrogens with one attached hydrogen (secondary N) is 2. The van der Waals surface area contributed by atoms with Crippen molar-refractivity contribution in [1.29, 1.82) is 0 Å². The average molecular weight is 343 g/mol. The van der Waals surface area contributed by atoms with Gasteiger partial charge in [0.05, 0.1) is 11.6 Å². The van der Waals surface area contributed by atoms with E-state index in [9.17, 15) is 9.90 Å². The first-order valence-electron chi connectivity index (χ1n) is 7.42. The van der Waals surface area contributed by atoms with Crippen molar-refractivity contribution in [2.75, 3.05) is 18.6 Å². The first-order valence-corrected chi connectivity index (χ1v) is 9.19. The molecule has 1 aromatic rings. The van der Waals surface area contributed by atoms with Gasteiger partial charge in [-0.3, -0.25) is 0 Å². The number of urea groups is 1. The molecule has 0 radical (unpaired) electrons. The summed E-state index contributed by atoms with van der Waals surface area (Å²) in [5.74, 6) is 1.06. The Kier molecular flexibility index (Phi) is 6.01. The Morgan fingerprint density at radius 1 is 1.45 bits per heavy atom. The molecular weight excluding hydrogens is 320 g/mol. The summed E-state index contributed by atoms with van der Waals surface area (Å²) in [7, 11) is 0. The van der Waals surface area contributed by atoms with Crippen molar-refractivity contribution in [3.63, 3.8) is 0 Å². The normalized spacial score (nSPS) is 18.4. The van der Waals surface area contributed by atoms with E-state index in [1.54, 1.807) is 18.7 Å². The number of thioether (sulfide) groups is 1. The lowest BCUT2D eigenvalue weighted by atomic mass is 10.0. The highest BCUT2D eigenvalue weighted by molar-refractivity contribution is 7.98. The predicted molar refractivity (Wildman–Crippen MR) is 92.5 cm³/mol. The minimum absolute atomic E-state index is 0.00256. The third-order valence-electron chi connectivity index (χ3n) is 3.69. The van der Waals surface area contributed by atoms with Crippen LogP contribution >= 0.6 is 23.4 Å². The van der Waals surface area contributed by atoms with E-state index in [4.69, 9.17) is 11.6 Å². The van der Waals surface area contributed by atoms with Gasteiger partial charge < -0.3 is 15.7 Å². The summed E-state index contributed by atoms with van der Waals surface area (Å²) < 4.78 is 0. The molecule has 3 N–H and O–H groups in total. The van der Waals surface area contributed by atoms with Crippen LogP contribution in [0.5, 0.6) is 0 Å². The maximum Gasteiger partial charge on any atom is 0.315 e. The number of rotatable bonds is 7. The molecule has 0 heterocycles. The Hall–Kier alpha value is -0.910. The molecule has 1 aliphatic rings. The van der Waals surface area contributed by atoms with E-state index in [2.05, 4.69) is 10.6 Å². The van der Waals surface area contributed by atoms with E-state index >= 15 is 0 Å². The molecule has 1 aromatic carbocycles. The van der Waals surface area contributed by atoms with Crippen molar-refractivity contribution in [2.24, 2.45) is 5.92 Å². The van der Waals surface area contributed by atoms with Crippen LogP contribution in [0.4, 0.5) is 4.79 Å². The van der Waals surface area contributed by atoms with Crippen LogP contribution in [-0.2, 0) is 0 Å². The highest BCUT2D eigenvalue weighted by Gasteiger charge is 2.33. The second kappa shape index (κ2) is 7.57. The van der Waals surface area contributed by atoms with Crippen molar-refractivity contribution in [3.05, 3.63) is 34.9 Å². The summed E-state index contributed by atoms with van der Waals surface area (Å²) in [6.07, 6.45) is 4.17. The van der Waals surface area contributed by atoms with Crippen molar-refractivity contribution in [2.45, 2.75) is 31.4 Å². The van der Waals surface area contributed by atoms with Gasteiger partial charge in [-0.2, -0.15) is 11.8 Å². The van der Waals surface area contributed by atoms with Gasteiger partial charge >= 0.3 is 6.03 Å². The van der Waals surface area contributed by atoms with Gasteiger partial charge in [-0.25, -0.2) is 4.79 Å². The van der Waals surface area contributed by atoms with Crippen molar-refractivity contribution >= 4 is 29.4 Å². The topological polar surface area (TPSA) is 61.4 Å². The fourth-order valence-electron chi connectivity index (χ4n) is 2.40. The van der Waals surface area contributed by atoms with Crippen LogP contribution in [0.15, 0.2) is 24.3 Å². The lowest BCUT2D eigenvalue weighted by Crippen LogP contribution is -2.47. The van der Waals surface area contributed by atoms with Gasteiger partial charge in [0, 0.05) is 17.3 Å². The van der Waals surface area contributed by atoms with Gasteiger partial charge in [0.2, 0.25) is 0 Å². The van der Waals surface area contributed by atoms with E-state index in [0.717, 1.165) is 18.4 Å². The SMILES string of the molecule is CSCC(C)(O)CNC(=O)NC(c1ccc(Cl)cc1)C1CC1. The minimum atomic E-state index is -0.897. The largest absolute Gasteiger partial charge is 0.387 e. The molecular formula is C16H23ClN2O2S. The molecule has 1 fully saturated rings. The van der Waals surface area contributed by atoms with Crippen molar-refractivity contribution < 1.29 is 9.90 Å². The van der Waals surface area contributed by atoms with Crippen LogP contribution in [0.1, 0.15) is 31.4 Å². The molecule has 2 unspecified atom stereocenters. The molecule has 0 aromatic heterocycles. The van der Waals surface area contributed by atoms with Crippen LogP contribution in [0.2, 0.25) is 5.02 Å². The molecule has 1 aliphatic carbocycles. The molecule has 0 saturated heterocycles. The second-order valence-corrected chi connectivity index (χ2v) is 7.43. The number of carbonyl (C=O) groups excluding carboxylic acids is 1. The Labute approximate surface area is 141 Å². The zero-order valence-corrected chi connectivity index (χ0v) is 14.5. The molecule has 22 heavy (non-hydrogen) atoms. The van der Waals surface area contributed by atoms with E-state index in [-0.39, 0.29) is 18.6 Å². The minimum Gasteiger partial charge on any atom is -0.387 e. The predicted octanol–water partition coefficient (Wildman–Crippen LogP) is 3.20. The van der Waals surface area contributed by atoms with Gasteiger partial charge in [-0.15, -0.1) is 0 Å². The summed E-state index contributed by atoms with van der Waals surface area (Å²) >= 11 is 7.47. The van der Waals surface area contributed by atoms with Gasteiger partial charge in [0.1, 0.15) is 0 Å². The summed E-state index contributed by atoms with van der Waals surface area (Å²) in [4.78, 5) is 12.1. The number of aliphatic hydroxyl groups is 1. The molecule has 2 atom stereocenters. The molecule has 1 saturated carbocycles. The maximum absolute atomic E-state index is 12.1. The number of hydrogen-bond donors (Lipinski definition) is 3. The Morgan fingerprint density at radius 3 is 2.64 bits per heavy atom. The molecule has 122 valence electrons. The maximum atomic E-state index is 12.1. The Balaban J connectivity index is 1.91. The number of amides is 2. The quantitative estimate of drug-likeness (QED) is 0.713. The molecule has 6 heteroatoms. The van der Waals surface area contributed by atoms with Gasteiger partial charge in [-0.1, -0.05) is 23.7 Å². The molecule has 2 amide bonds. The standard InChI is InChI=1S/C16H23ClN2O2S/c1-16(21,10-22-2)9-18-15(20)19-14(11-3-4-11)12-5-7-13(17)8-6-12/h5-8,11,14,21H,3-4,9-10H2,1-2H3,(H2,18,19,20). The van der Waals surface area contributed by atoms with Crippen LogP contribution in [0.25, 0.3) is 0 Å². The highest BCUT2D eigenvalue weighted by atomic mass is 35.5. The Bertz CT molecular complexity index is 503. The Morgan fingerprint density at radius 2 is 2.09 bits per heavy atom. The van der Waals surface area contributed by atoms with E-state index in [1.165, 1.54) is 0 Å². The molecule has 2 rings (SSSR count). The fraction of sp³-hybridized carbons (Fsp3) is 0.562. The van der Waals surface area contributed by atoms with Crippen molar-refractivity contribution in [1.82, 2.24) is 10.6 Å². The highest BCUT2D eigenvalue weighted by Crippen LogP contribution is 2.41. The fourth-order valence-corrected chi connectivity index (χ4v) is 3.25. The lowest BCUT2D eigenvalue weighted by Gasteiger charge is -2.24. The second-order valence-electron chi connectivity index (χ2n) is 6.12. The zero-order chi connectivity index (χ0) is 16.2. The monoisotopic (exact) mass is 342 g/mol. The number of hydrogen-bond acceptors (Lipinski definition) is 3. The smallest absolute Gasteiger partial charge is 0.315 e. The number of carbonyl (C=O) groups is 1. The molecule has 0 aliphatic heterocycles. The summed E-state index contributed by atoms with van der Waals surface area (Å²) in [6, 6.07) is 7.35. The summed E-state index contributed by atoms with van der Waals surface area (Å²) in [5, 5.41) is 16.6. The first kappa shape index (κ1) is 17.4. The lowest BCUT2D eigenvalue weighted by molar-refractivity contribution is 0.0867. The van der Waals surface area contributed by atoms with E-state index < -0.39 is 5.60 Å². The number of benzene rings is 1. The number of halogens is 1. The van der Waals surface area contributed by atoms with E-state index in [0.29, 0.717) is 16.7 Å². The summed E-state index contributed by atoms with van der Waals surface area (Å²) in [5.41, 5.74) is 0.171.